The fourth-order valence-corrected chi connectivity index (χ4v) is 1.97. The second-order valence-electron chi connectivity index (χ2n) is 4.50. The molecule has 0 aliphatic carbocycles. The summed E-state index contributed by atoms with van der Waals surface area (Å²) in [5.41, 5.74) is 3.22. The molecular weight excluding hydrogens is 188 g/mol. The zero-order chi connectivity index (χ0) is 11.1. The highest BCUT2D eigenvalue weighted by atomic mass is 16.6. The Labute approximate surface area is 90.3 Å². The highest BCUT2D eigenvalue weighted by molar-refractivity contribution is 5.72. The van der Waals surface area contributed by atoms with Crippen molar-refractivity contribution >= 4 is 5.97 Å². The molecule has 0 saturated carbocycles. The van der Waals surface area contributed by atoms with Gasteiger partial charge in [-0.15, -0.1) is 0 Å². The van der Waals surface area contributed by atoms with Gasteiger partial charge in [-0.2, -0.15) is 0 Å². The van der Waals surface area contributed by atoms with Crippen LogP contribution in [-0.2, 0) is 15.1 Å². The van der Waals surface area contributed by atoms with Gasteiger partial charge < -0.3 is 4.74 Å². The second kappa shape index (κ2) is 3.37. The maximum Gasteiger partial charge on any atom is 0.306 e. The maximum atomic E-state index is 11.2. The van der Waals surface area contributed by atoms with Crippen LogP contribution in [0.25, 0.3) is 0 Å². The summed E-state index contributed by atoms with van der Waals surface area (Å²) in [5, 5.41) is 0. The first-order chi connectivity index (χ1) is 7.01. The lowest BCUT2D eigenvalue weighted by Gasteiger charge is -2.23. The summed E-state index contributed by atoms with van der Waals surface area (Å²) in [7, 11) is 0. The van der Waals surface area contributed by atoms with E-state index in [0.29, 0.717) is 6.42 Å². The van der Waals surface area contributed by atoms with Crippen LogP contribution in [0, 0.1) is 13.8 Å². The topological polar surface area (TPSA) is 26.3 Å². The van der Waals surface area contributed by atoms with E-state index in [-0.39, 0.29) is 5.97 Å². The zero-order valence-electron chi connectivity index (χ0n) is 9.46. The Morgan fingerprint density at radius 2 is 2.00 bits per heavy atom. The van der Waals surface area contributed by atoms with Crippen LogP contribution in [-0.4, -0.2) is 5.97 Å². The average molecular weight is 204 g/mol. The number of carbonyl (C=O) groups excluding carboxylic acids is 1. The Morgan fingerprint density at radius 3 is 2.53 bits per heavy atom. The van der Waals surface area contributed by atoms with Crippen molar-refractivity contribution in [2.24, 2.45) is 0 Å². The molecule has 0 radical (unpaired) electrons. The molecule has 1 unspecified atom stereocenters. The Morgan fingerprint density at radius 1 is 1.27 bits per heavy atom. The number of hydrogen-bond donors (Lipinski definition) is 0. The number of cyclic esters (lactones) is 1. The Hall–Kier alpha value is -1.31. The molecule has 1 aliphatic heterocycles. The van der Waals surface area contributed by atoms with Crippen molar-refractivity contribution in [1.82, 2.24) is 0 Å². The van der Waals surface area contributed by atoms with Gasteiger partial charge >= 0.3 is 5.97 Å². The van der Waals surface area contributed by atoms with Crippen molar-refractivity contribution in [2.45, 2.75) is 39.2 Å². The van der Waals surface area contributed by atoms with Gasteiger partial charge in [-0.25, -0.2) is 0 Å². The van der Waals surface area contributed by atoms with Crippen LogP contribution in [0.2, 0.25) is 0 Å². The van der Waals surface area contributed by atoms with Crippen molar-refractivity contribution in [3.63, 3.8) is 0 Å². The molecule has 0 bridgehead atoms. The molecule has 0 spiro atoms. The lowest BCUT2D eigenvalue weighted by Crippen LogP contribution is -2.21. The molecule has 2 nitrogen and oxygen atoms in total. The monoisotopic (exact) mass is 204 g/mol. The molecule has 2 rings (SSSR count). The summed E-state index contributed by atoms with van der Waals surface area (Å²) in [4.78, 5) is 11.2. The Bertz CT molecular complexity index is 409. The van der Waals surface area contributed by atoms with E-state index in [1.807, 2.05) is 6.92 Å². The van der Waals surface area contributed by atoms with Crippen molar-refractivity contribution < 1.29 is 9.53 Å². The van der Waals surface area contributed by atoms with E-state index < -0.39 is 5.60 Å². The van der Waals surface area contributed by atoms with E-state index in [2.05, 4.69) is 32.0 Å². The summed E-state index contributed by atoms with van der Waals surface area (Å²) in [6.45, 7) is 6.16. The fraction of sp³-hybridized carbons (Fsp3) is 0.462. The number of esters is 1. The molecule has 1 fully saturated rings. The van der Waals surface area contributed by atoms with Crippen LogP contribution in [0.5, 0.6) is 0 Å². The summed E-state index contributed by atoms with van der Waals surface area (Å²) in [5.74, 6) is -0.0873. The molecule has 2 heteroatoms. The van der Waals surface area contributed by atoms with Gasteiger partial charge in [0.05, 0.1) is 0 Å². The van der Waals surface area contributed by atoms with E-state index in [4.69, 9.17) is 4.74 Å². The van der Waals surface area contributed by atoms with Crippen molar-refractivity contribution in [1.29, 1.82) is 0 Å². The van der Waals surface area contributed by atoms with Crippen molar-refractivity contribution in [2.75, 3.05) is 0 Å². The minimum atomic E-state index is -0.407. The maximum absolute atomic E-state index is 11.2. The molecule has 1 aliphatic rings. The summed E-state index contributed by atoms with van der Waals surface area (Å²) < 4.78 is 5.39. The van der Waals surface area contributed by atoms with Gasteiger partial charge in [0, 0.05) is 12.8 Å². The van der Waals surface area contributed by atoms with Crippen LogP contribution < -0.4 is 0 Å². The number of rotatable bonds is 1. The molecular formula is C13H16O2. The lowest BCUT2D eigenvalue weighted by molar-refractivity contribution is -0.147. The fourth-order valence-electron chi connectivity index (χ4n) is 1.97. The van der Waals surface area contributed by atoms with Crippen molar-refractivity contribution in [3.8, 4) is 0 Å². The number of carbonyl (C=O) groups is 1. The van der Waals surface area contributed by atoms with Gasteiger partial charge in [0.1, 0.15) is 5.60 Å². The quantitative estimate of drug-likeness (QED) is 0.657. The molecule has 1 atom stereocenters. The van der Waals surface area contributed by atoms with E-state index in [0.717, 1.165) is 12.0 Å². The van der Waals surface area contributed by atoms with Crippen LogP contribution >= 0.6 is 0 Å². The van der Waals surface area contributed by atoms with Crippen LogP contribution in [0.3, 0.4) is 0 Å². The summed E-state index contributed by atoms with van der Waals surface area (Å²) in [6, 6.07) is 6.26. The predicted molar refractivity (Wildman–Crippen MR) is 58.6 cm³/mol. The number of hydrogen-bond acceptors (Lipinski definition) is 2. The highest BCUT2D eigenvalue weighted by Gasteiger charge is 2.37. The molecule has 0 amide bonds. The third kappa shape index (κ3) is 1.76. The van der Waals surface area contributed by atoms with E-state index in [1.54, 1.807) is 0 Å². The third-order valence-electron chi connectivity index (χ3n) is 3.26. The Kier molecular flexibility index (Phi) is 2.29. The van der Waals surface area contributed by atoms with Gasteiger partial charge in [-0.3, -0.25) is 4.79 Å². The van der Waals surface area contributed by atoms with Crippen molar-refractivity contribution in [3.05, 3.63) is 34.9 Å². The van der Waals surface area contributed by atoms with Gasteiger partial charge in [0.25, 0.3) is 0 Å². The van der Waals surface area contributed by atoms with Crippen LogP contribution in [0.1, 0.15) is 36.5 Å². The number of ether oxygens (including phenoxy) is 1. The molecule has 80 valence electrons. The van der Waals surface area contributed by atoms with Gasteiger partial charge in [-0.1, -0.05) is 18.2 Å². The second-order valence-corrected chi connectivity index (χ2v) is 4.50. The molecule has 1 aromatic carbocycles. The normalized spacial score (nSPS) is 25.4. The van der Waals surface area contributed by atoms with Gasteiger partial charge in [-0.05, 0) is 37.5 Å². The smallest absolute Gasteiger partial charge is 0.306 e. The first-order valence-corrected chi connectivity index (χ1v) is 5.31. The molecule has 1 saturated heterocycles. The average Bonchev–Trinajstić information content (AvgIpc) is 2.52. The van der Waals surface area contributed by atoms with Crippen LogP contribution in [0.15, 0.2) is 18.2 Å². The molecule has 0 N–H and O–H groups in total. The minimum absolute atomic E-state index is 0.0873. The minimum Gasteiger partial charge on any atom is -0.454 e. The standard InChI is InChI=1S/C13H16O2/c1-9-4-5-11(8-10(9)2)13(3)7-6-12(14)15-13/h4-5,8H,6-7H2,1-3H3. The SMILES string of the molecule is Cc1ccc(C2(C)CCC(=O)O2)cc1C. The first kappa shape index (κ1) is 10.2. The summed E-state index contributed by atoms with van der Waals surface area (Å²) >= 11 is 0. The largest absolute Gasteiger partial charge is 0.454 e. The summed E-state index contributed by atoms with van der Waals surface area (Å²) in [6.07, 6.45) is 1.32. The predicted octanol–water partition coefficient (Wildman–Crippen LogP) is 2.86. The van der Waals surface area contributed by atoms with E-state index in [9.17, 15) is 4.79 Å². The molecule has 0 aromatic heterocycles. The highest BCUT2D eigenvalue weighted by Crippen LogP contribution is 2.36. The Balaban J connectivity index is 2.37. The van der Waals surface area contributed by atoms with Crippen LogP contribution in [0.4, 0.5) is 0 Å². The van der Waals surface area contributed by atoms with E-state index in [1.165, 1.54) is 11.1 Å². The zero-order valence-corrected chi connectivity index (χ0v) is 9.46. The van der Waals surface area contributed by atoms with Gasteiger partial charge in [0.15, 0.2) is 0 Å². The van der Waals surface area contributed by atoms with Gasteiger partial charge in [0.2, 0.25) is 0 Å². The first-order valence-electron chi connectivity index (χ1n) is 5.31. The third-order valence-corrected chi connectivity index (χ3v) is 3.26. The molecule has 1 heterocycles. The lowest BCUT2D eigenvalue weighted by atomic mass is 9.91. The molecule has 15 heavy (non-hydrogen) atoms. The number of aryl methyl sites for hydroxylation is 2. The number of benzene rings is 1. The molecule has 1 aromatic rings. The van der Waals surface area contributed by atoms with E-state index >= 15 is 0 Å².